The Morgan fingerprint density at radius 3 is 2.68 bits per heavy atom. The fraction of sp³-hybridized carbons (Fsp3) is 0.235. The molecule has 5 heteroatoms. The molecule has 1 atom stereocenters. The summed E-state index contributed by atoms with van der Waals surface area (Å²) < 4.78 is 0. The third kappa shape index (κ3) is 2.98. The Hall–Kier alpha value is -1.55. The normalized spacial score (nSPS) is 18.3. The van der Waals surface area contributed by atoms with E-state index >= 15 is 0 Å². The van der Waals surface area contributed by atoms with Crippen LogP contribution in [0.15, 0.2) is 47.5 Å². The maximum Gasteiger partial charge on any atom is 0.0909 e. The number of β-amino-alcohol motifs (C(OH)–C–C–N with tert-alkyl or cyclic N) is 1. The number of likely N-dealkylation sites (N-methyl/N-ethyl adjacent to an activating group) is 1. The maximum absolute atomic E-state index is 10.1. The first-order chi connectivity index (χ1) is 10.6. The highest BCUT2D eigenvalue weighted by Gasteiger charge is 2.21. The molecule has 0 radical (unpaired) electrons. The van der Waals surface area contributed by atoms with Crippen molar-refractivity contribution in [2.45, 2.75) is 6.10 Å². The minimum atomic E-state index is -0.522. The zero-order chi connectivity index (χ0) is 15.7. The number of aliphatic hydroxyl groups is 1. The maximum atomic E-state index is 10.1. The zero-order valence-corrected chi connectivity index (χ0v) is 13.6. The van der Waals surface area contributed by atoms with Crippen LogP contribution < -0.4 is 4.90 Å². The molecule has 2 aromatic rings. The SMILES string of the molecule is CN1CC(O)CN=C(c2ccccc2Cl)c2cc(Cl)ccc21. The van der Waals surface area contributed by atoms with Crippen molar-refractivity contribution in [3.63, 3.8) is 0 Å². The second-order valence-corrected chi connectivity index (χ2v) is 6.21. The summed E-state index contributed by atoms with van der Waals surface area (Å²) in [6.45, 7) is 0.852. The van der Waals surface area contributed by atoms with Crippen LogP contribution in [0.4, 0.5) is 5.69 Å². The molecule has 1 heterocycles. The van der Waals surface area contributed by atoms with Crippen LogP contribution in [-0.2, 0) is 0 Å². The molecule has 2 aromatic carbocycles. The van der Waals surface area contributed by atoms with Crippen molar-refractivity contribution in [1.29, 1.82) is 0 Å². The summed E-state index contributed by atoms with van der Waals surface area (Å²) in [7, 11) is 1.95. The average molecular weight is 335 g/mol. The summed E-state index contributed by atoms with van der Waals surface area (Å²) in [5.74, 6) is 0. The van der Waals surface area contributed by atoms with Crippen LogP contribution >= 0.6 is 23.2 Å². The fourth-order valence-electron chi connectivity index (χ4n) is 2.67. The van der Waals surface area contributed by atoms with Gasteiger partial charge in [0.15, 0.2) is 0 Å². The van der Waals surface area contributed by atoms with Gasteiger partial charge in [-0.05, 0) is 24.3 Å². The lowest BCUT2D eigenvalue weighted by atomic mass is 9.98. The monoisotopic (exact) mass is 334 g/mol. The fourth-order valence-corrected chi connectivity index (χ4v) is 3.07. The Balaban J connectivity index is 2.23. The van der Waals surface area contributed by atoms with Gasteiger partial charge in [0.05, 0.1) is 18.4 Å². The summed E-state index contributed by atoms with van der Waals surface area (Å²) in [5, 5.41) is 11.4. The van der Waals surface area contributed by atoms with Gasteiger partial charge in [-0.1, -0.05) is 41.4 Å². The van der Waals surface area contributed by atoms with Gasteiger partial charge in [0.1, 0.15) is 0 Å². The van der Waals surface area contributed by atoms with Crippen LogP contribution in [0.1, 0.15) is 11.1 Å². The number of hydrogen-bond donors (Lipinski definition) is 1. The minimum absolute atomic E-state index is 0.330. The Bertz CT molecular complexity index is 730. The molecule has 1 N–H and O–H groups in total. The van der Waals surface area contributed by atoms with Gasteiger partial charge < -0.3 is 10.0 Å². The largest absolute Gasteiger partial charge is 0.389 e. The third-order valence-corrected chi connectivity index (χ3v) is 4.26. The number of benzene rings is 2. The van der Waals surface area contributed by atoms with Crippen LogP contribution in [0.25, 0.3) is 0 Å². The number of nitrogens with zero attached hydrogens (tertiary/aromatic N) is 2. The van der Waals surface area contributed by atoms with E-state index in [1.54, 1.807) is 0 Å². The Morgan fingerprint density at radius 1 is 1.14 bits per heavy atom. The van der Waals surface area contributed by atoms with Gasteiger partial charge in [0.25, 0.3) is 0 Å². The number of hydrogen-bond acceptors (Lipinski definition) is 3. The van der Waals surface area contributed by atoms with E-state index in [-0.39, 0.29) is 0 Å². The molecule has 0 saturated carbocycles. The number of aliphatic imine (C=N–C) groups is 1. The summed E-state index contributed by atoms with van der Waals surface area (Å²) in [6, 6.07) is 13.3. The molecule has 3 nitrogen and oxygen atoms in total. The molecular formula is C17H16Cl2N2O. The van der Waals surface area contributed by atoms with Crippen molar-refractivity contribution < 1.29 is 5.11 Å². The summed E-state index contributed by atoms with van der Waals surface area (Å²) >= 11 is 12.5. The lowest BCUT2D eigenvalue weighted by Crippen LogP contribution is -2.34. The van der Waals surface area contributed by atoms with Crippen LogP contribution in [0, 0.1) is 0 Å². The average Bonchev–Trinajstić information content (AvgIpc) is 2.48. The lowest BCUT2D eigenvalue weighted by molar-refractivity contribution is 0.190. The Kier molecular flexibility index (Phi) is 4.39. The molecule has 0 aliphatic carbocycles. The van der Waals surface area contributed by atoms with Gasteiger partial charge in [-0.3, -0.25) is 4.99 Å². The van der Waals surface area contributed by atoms with Crippen LogP contribution in [0.3, 0.4) is 0 Å². The molecule has 0 saturated heterocycles. The Morgan fingerprint density at radius 2 is 1.91 bits per heavy atom. The molecule has 114 valence electrons. The van der Waals surface area contributed by atoms with Gasteiger partial charge in [0.2, 0.25) is 0 Å². The molecule has 1 aliphatic heterocycles. The molecular weight excluding hydrogens is 319 g/mol. The van der Waals surface area contributed by atoms with Gasteiger partial charge in [0, 0.05) is 40.5 Å². The van der Waals surface area contributed by atoms with Crippen molar-refractivity contribution >= 4 is 34.6 Å². The summed E-state index contributed by atoms with van der Waals surface area (Å²) in [5.41, 5.74) is 3.50. The van der Waals surface area contributed by atoms with Crippen molar-refractivity contribution in [3.8, 4) is 0 Å². The first-order valence-electron chi connectivity index (χ1n) is 7.04. The number of fused-ring (bicyclic) bond motifs is 1. The Labute approximate surface area is 139 Å². The standard InChI is InChI=1S/C17H16Cl2N2O/c1-21-10-12(22)9-20-17(13-4-2-3-5-15(13)19)14-8-11(18)6-7-16(14)21/h2-8,12,22H,9-10H2,1H3. The lowest BCUT2D eigenvalue weighted by Gasteiger charge is -2.28. The number of halogens is 2. The van der Waals surface area contributed by atoms with Crippen molar-refractivity contribution in [1.82, 2.24) is 0 Å². The van der Waals surface area contributed by atoms with E-state index in [0.29, 0.717) is 23.1 Å². The summed E-state index contributed by atoms with van der Waals surface area (Å²) in [4.78, 5) is 6.62. The van der Waals surface area contributed by atoms with Gasteiger partial charge in [-0.2, -0.15) is 0 Å². The second kappa shape index (κ2) is 6.29. The highest BCUT2D eigenvalue weighted by Crippen LogP contribution is 2.30. The van der Waals surface area contributed by atoms with E-state index in [2.05, 4.69) is 4.99 Å². The molecule has 0 bridgehead atoms. The third-order valence-electron chi connectivity index (χ3n) is 3.70. The topological polar surface area (TPSA) is 35.8 Å². The molecule has 3 rings (SSSR count). The highest BCUT2D eigenvalue weighted by molar-refractivity contribution is 6.36. The van der Waals surface area contributed by atoms with Crippen LogP contribution in [-0.4, -0.2) is 37.1 Å². The zero-order valence-electron chi connectivity index (χ0n) is 12.1. The number of anilines is 1. The van der Waals surface area contributed by atoms with Gasteiger partial charge in [-0.25, -0.2) is 0 Å². The van der Waals surface area contributed by atoms with E-state index in [4.69, 9.17) is 23.2 Å². The number of aliphatic hydroxyl groups excluding tert-OH is 1. The van der Waals surface area contributed by atoms with Crippen molar-refractivity contribution in [3.05, 3.63) is 63.6 Å². The molecule has 0 fully saturated rings. The molecule has 0 aromatic heterocycles. The van der Waals surface area contributed by atoms with Gasteiger partial charge in [-0.15, -0.1) is 0 Å². The van der Waals surface area contributed by atoms with Crippen LogP contribution in [0.2, 0.25) is 10.0 Å². The first-order valence-corrected chi connectivity index (χ1v) is 7.80. The van der Waals surface area contributed by atoms with Gasteiger partial charge >= 0.3 is 0 Å². The molecule has 1 unspecified atom stereocenters. The molecule has 0 amide bonds. The van der Waals surface area contributed by atoms with E-state index in [9.17, 15) is 5.11 Å². The van der Waals surface area contributed by atoms with Crippen molar-refractivity contribution in [2.75, 3.05) is 25.0 Å². The molecule has 22 heavy (non-hydrogen) atoms. The molecule has 0 spiro atoms. The summed E-state index contributed by atoms with van der Waals surface area (Å²) in [6.07, 6.45) is -0.522. The van der Waals surface area contributed by atoms with Crippen LogP contribution in [0.5, 0.6) is 0 Å². The van der Waals surface area contributed by atoms with E-state index in [1.807, 2.05) is 54.4 Å². The smallest absolute Gasteiger partial charge is 0.0909 e. The second-order valence-electron chi connectivity index (χ2n) is 5.36. The predicted octanol–water partition coefficient (Wildman–Crippen LogP) is 3.64. The van der Waals surface area contributed by atoms with Crippen molar-refractivity contribution in [2.24, 2.45) is 4.99 Å². The predicted molar refractivity (Wildman–Crippen MR) is 92.7 cm³/mol. The minimum Gasteiger partial charge on any atom is -0.389 e. The number of rotatable bonds is 1. The first kappa shape index (κ1) is 15.3. The highest BCUT2D eigenvalue weighted by atomic mass is 35.5. The van der Waals surface area contributed by atoms with E-state index in [0.717, 1.165) is 22.5 Å². The quantitative estimate of drug-likeness (QED) is 0.864. The molecule has 1 aliphatic rings. The van der Waals surface area contributed by atoms with E-state index in [1.165, 1.54) is 0 Å². The van der Waals surface area contributed by atoms with E-state index < -0.39 is 6.10 Å².